The van der Waals surface area contributed by atoms with Crippen LogP contribution in [0.15, 0.2) is 12.3 Å². The van der Waals surface area contributed by atoms with E-state index < -0.39 is 12.3 Å². The Bertz CT molecular complexity index is 870. The van der Waals surface area contributed by atoms with Crippen molar-refractivity contribution in [2.45, 2.75) is 45.6 Å². The second kappa shape index (κ2) is 8.07. The Morgan fingerprint density at radius 1 is 1.32 bits per heavy atom. The summed E-state index contributed by atoms with van der Waals surface area (Å²) >= 11 is 0. The van der Waals surface area contributed by atoms with Gasteiger partial charge in [-0.1, -0.05) is 13.8 Å². The summed E-state index contributed by atoms with van der Waals surface area (Å²) in [5.74, 6) is -0.359. The van der Waals surface area contributed by atoms with Crippen LogP contribution in [0.1, 0.15) is 60.9 Å². The summed E-state index contributed by atoms with van der Waals surface area (Å²) in [6.07, 6.45) is 0.506. The van der Waals surface area contributed by atoms with E-state index in [0.29, 0.717) is 12.2 Å². The number of hydrogen-bond acceptors (Lipinski definition) is 4. The summed E-state index contributed by atoms with van der Waals surface area (Å²) < 4.78 is 28.6. The number of anilines is 1. The Morgan fingerprint density at radius 3 is 2.64 bits per heavy atom. The third-order valence-electron chi connectivity index (χ3n) is 4.44. The lowest BCUT2D eigenvalue weighted by atomic mass is 10.2. The number of alkyl halides is 2. The number of halogens is 2. The van der Waals surface area contributed by atoms with E-state index in [2.05, 4.69) is 20.8 Å². The van der Waals surface area contributed by atoms with Crippen molar-refractivity contribution in [3.05, 3.63) is 29.3 Å². The minimum absolute atomic E-state index is 0.170. The van der Waals surface area contributed by atoms with Gasteiger partial charge in [-0.3, -0.25) is 19.0 Å². The largest absolute Gasteiger partial charge is 0.350 e. The molecule has 3 rings (SSSR count). The van der Waals surface area contributed by atoms with Crippen LogP contribution in [0.4, 0.5) is 14.5 Å². The van der Waals surface area contributed by atoms with Crippen LogP contribution in [0.5, 0.6) is 0 Å². The molecule has 2 heterocycles. The van der Waals surface area contributed by atoms with Crippen molar-refractivity contribution in [2.75, 3.05) is 11.9 Å². The standard InChI is InChI=1S/C18H24F2N6O2/c1-10(2)7-21-18(28)16-13(8-22-25(16)3)23-15(27)9-26-14(11-4-5-11)6-12(24-26)17(19)20/h6,8,10-11,17H,4-5,7,9H2,1-3H3,(H,21,28)(H,23,27). The topological polar surface area (TPSA) is 93.8 Å². The molecule has 2 aromatic heterocycles. The number of nitrogens with one attached hydrogen (secondary N) is 2. The van der Waals surface area contributed by atoms with Crippen LogP contribution in [0.2, 0.25) is 0 Å². The summed E-state index contributed by atoms with van der Waals surface area (Å²) in [7, 11) is 1.60. The Hall–Kier alpha value is -2.78. The van der Waals surface area contributed by atoms with Crippen LogP contribution in [-0.4, -0.2) is 37.9 Å². The van der Waals surface area contributed by atoms with Crippen molar-refractivity contribution in [1.82, 2.24) is 24.9 Å². The van der Waals surface area contributed by atoms with Gasteiger partial charge >= 0.3 is 0 Å². The molecule has 0 radical (unpaired) electrons. The van der Waals surface area contributed by atoms with E-state index >= 15 is 0 Å². The average Bonchev–Trinajstić information content (AvgIpc) is 3.28. The molecule has 1 saturated carbocycles. The number of hydrogen-bond donors (Lipinski definition) is 2. The maximum Gasteiger partial charge on any atom is 0.282 e. The van der Waals surface area contributed by atoms with Crippen molar-refractivity contribution in [2.24, 2.45) is 13.0 Å². The fourth-order valence-corrected chi connectivity index (χ4v) is 2.90. The molecule has 1 aliphatic carbocycles. The van der Waals surface area contributed by atoms with E-state index in [0.717, 1.165) is 12.8 Å². The molecule has 0 atom stereocenters. The Labute approximate surface area is 161 Å². The Balaban J connectivity index is 1.72. The number of carbonyl (C=O) groups excluding carboxylic acids is 2. The van der Waals surface area contributed by atoms with E-state index in [1.807, 2.05) is 13.8 Å². The van der Waals surface area contributed by atoms with Crippen molar-refractivity contribution in [1.29, 1.82) is 0 Å². The first-order chi connectivity index (χ1) is 13.3. The molecule has 2 aromatic rings. The van der Waals surface area contributed by atoms with Gasteiger partial charge in [-0.25, -0.2) is 8.78 Å². The minimum atomic E-state index is -2.68. The maximum absolute atomic E-state index is 13.0. The third-order valence-corrected chi connectivity index (χ3v) is 4.44. The smallest absolute Gasteiger partial charge is 0.282 e. The lowest BCUT2D eigenvalue weighted by Gasteiger charge is -2.11. The highest BCUT2D eigenvalue weighted by Crippen LogP contribution is 2.41. The molecule has 0 unspecified atom stereocenters. The monoisotopic (exact) mass is 394 g/mol. The predicted octanol–water partition coefficient (Wildman–Crippen LogP) is 2.46. The molecule has 0 aliphatic heterocycles. The van der Waals surface area contributed by atoms with Crippen LogP contribution in [0.3, 0.4) is 0 Å². The first-order valence-electron chi connectivity index (χ1n) is 9.22. The Morgan fingerprint density at radius 2 is 2.04 bits per heavy atom. The van der Waals surface area contributed by atoms with Gasteiger partial charge in [-0.15, -0.1) is 0 Å². The van der Waals surface area contributed by atoms with Gasteiger partial charge in [0.15, 0.2) is 0 Å². The first-order valence-corrected chi connectivity index (χ1v) is 9.22. The molecule has 1 fully saturated rings. The van der Waals surface area contributed by atoms with Gasteiger partial charge < -0.3 is 10.6 Å². The van der Waals surface area contributed by atoms with Gasteiger partial charge in [0.05, 0.1) is 11.9 Å². The summed E-state index contributed by atoms with van der Waals surface area (Å²) in [5.41, 5.74) is 0.810. The number of carbonyl (C=O) groups is 2. The van der Waals surface area contributed by atoms with Gasteiger partial charge in [-0.05, 0) is 24.8 Å². The number of nitrogens with zero attached hydrogens (tertiary/aromatic N) is 4. The lowest BCUT2D eigenvalue weighted by Crippen LogP contribution is -2.30. The van der Waals surface area contributed by atoms with Crippen molar-refractivity contribution >= 4 is 17.5 Å². The van der Waals surface area contributed by atoms with E-state index in [1.165, 1.54) is 21.6 Å². The van der Waals surface area contributed by atoms with E-state index in [4.69, 9.17) is 0 Å². The van der Waals surface area contributed by atoms with Gasteiger partial charge in [0.1, 0.15) is 17.9 Å². The Kier molecular flexibility index (Phi) is 5.76. The van der Waals surface area contributed by atoms with E-state index in [1.54, 1.807) is 7.05 Å². The summed E-state index contributed by atoms with van der Waals surface area (Å²) in [5, 5.41) is 13.3. The average molecular weight is 394 g/mol. The van der Waals surface area contributed by atoms with Crippen LogP contribution < -0.4 is 10.6 Å². The highest BCUT2D eigenvalue weighted by Gasteiger charge is 2.30. The quantitative estimate of drug-likeness (QED) is 0.719. The first kappa shape index (κ1) is 20.0. The molecule has 0 spiro atoms. The molecule has 0 aromatic carbocycles. The second-order valence-electron chi connectivity index (χ2n) is 7.41. The highest BCUT2D eigenvalue weighted by molar-refractivity contribution is 6.02. The molecule has 10 heteroatoms. The van der Waals surface area contributed by atoms with Gasteiger partial charge in [-0.2, -0.15) is 10.2 Å². The van der Waals surface area contributed by atoms with Gasteiger partial charge in [0.2, 0.25) is 5.91 Å². The zero-order chi connectivity index (χ0) is 20.4. The summed E-state index contributed by atoms with van der Waals surface area (Å²) in [6, 6.07) is 1.37. The van der Waals surface area contributed by atoms with Crippen LogP contribution in [0, 0.1) is 5.92 Å². The SMILES string of the molecule is CC(C)CNC(=O)c1c(NC(=O)Cn2nc(C(F)F)cc2C2CC2)cnn1C. The second-order valence-corrected chi connectivity index (χ2v) is 7.41. The van der Waals surface area contributed by atoms with Gasteiger partial charge in [0.25, 0.3) is 12.3 Å². The number of rotatable bonds is 8. The lowest BCUT2D eigenvalue weighted by molar-refractivity contribution is -0.117. The third kappa shape index (κ3) is 4.55. The van der Waals surface area contributed by atoms with Crippen molar-refractivity contribution in [3.8, 4) is 0 Å². The molecule has 28 heavy (non-hydrogen) atoms. The number of amides is 2. The predicted molar refractivity (Wildman–Crippen MR) is 98.2 cm³/mol. The zero-order valence-electron chi connectivity index (χ0n) is 16.1. The summed E-state index contributed by atoms with van der Waals surface area (Å²) in [4.78, 5) is 24.9. The molecule has 1 aliphatic rings. The summed E-state index contributed by atoms with van der Waals surface area (Å²) in [6.45, 7) is 4.23. The van der Waals surface area contributed by atoms with E-state index in [-0.39, 0.29) is 41.4 Å². The molecule has 0 bridgehead atoms. The van der Waals surface area contributed by atoms with E-state index in [9.17, 15) is 18.4 Å². The van der Waals surface area contributed by atoms with Crippen molar-refractivity contribution in [3.63, 3.8) is 0 Å². The molecule has 8 nitrogen and oxygen atoms in total. The van der Waals surface area contributed by atoms with Gasteiger partial charge in [0, 0.05) is 25.2 Å². The molecule has 152 valence electrons. The van der Waals surface area contributed by atoms with Crippen LogP contribution in [0.25, 0.3) is 0 Å². The number of aromatic nitrogens is 4. The maximum atomic E-state index is 13.0. The molecule has 2 amide bonds. The zero-order valence-corrected chi connectivity index (χ0v) is 16.1. The fraction of sp³-hybridized carbons (Fsp3) is 0.556. The minimum Gasteiger partial charge on any atom is -0.350 e. The molecule has 0 saturated heterocycles. The molecular weight excluding hydrogens is 370 g/mol. The molecule has 2 N–H and O–H groups in total. The fourth-order valence-electron chi connectivity index (χ4n) is 2.90. The molecular formula is C18H24F2N6O2. The van der Waals surface area contributed by atoms with Crippen LogP contribution >= 0.6 is 0 Å². The normalized spacial score (nSPS) is 14.0. The van der Waals surface area contributed by atoms with Crippen molar-refractivity contribution < 1.29 is 18.4 Å². The number of aryl methyl sites for hydroxylation is 1. The van der Waals surface area contributed by atoms with Crippen LogP contribution in [-0.2, 0) is 18.4 Å². The highest BCUT2D eigenvalue weighted by atomic mass is 19.3.